The smallest absolute Gasteiger partial charge is 0.255 e. The van der Waals surface area contributed by atoms with E-state index in [1.165, 1.54) is 4.90 Å². The number of aliphatic hydroxyl groups is 3. The second-order valence-electron chi connectivity index (χ2n) is 12.0. The highest BCUT2D eigenvalue weighted by molar-refractivity contribution is 6.24. The van der Waals surface area contributed by atoms with Crippen molar-refractivity contribution in [2.24, 2.45) is 23.5 Å². The third-order valence-electron chi connectivity index (χ3n) is 9.10. The van der Waals surface area contributed by atoms with Gasteiger partial charge in [0.15, 0.2) is 11.4 Å². The van der Waals surface area contributed by atoms with Gasteiger partial charge in [-0.25, -0.2) is 0 Å². The summed E-state index contributed by atoms with van der Waals surface area (Å²) in [4.78, 5) is 42.8. The van der Waals surface area contributed by atoms with Gasteiger partial charge in [0.05, 0.1) is 11.6 Å². The molecular weight excluding hydrogens is 514 g/mol. The number of carbonyl (C=O) groups is 3. The minimum Gasteiger partial charge on any atom is -0.508 e. The number of hydrogen-bond acceptors (Lipinski definition) is 9. The van der Waals surface area contributed by atoms with Gasteiger partial charge in [0.25, 0.3) is 5.91 Å². The largest absolute Gasteiger partial charge is 0.508 e. The average molecular weight is 556 g/mol. The highest BCUT2D eigenvalue weighted by Gasteiger charge is 2.64. The zero-order chi connectivity index (χ0) is 29.8. The Hall–Kier alpha value is -3.37. The Labute approximate surface area is 234 Å². The zero-order valence-corrected chi connectivity index (χ0v) is 24.1. The minimum atomic E-state index is -2.64. The van der Waals surface area contributed by atoms with Gasteiger partial charge in [0.1, 0.15) is 22.8 Å². The van der Waals surface area contributed by atoms with Gasteiger partial charge in [-0.1, -0.05) is 26.7 Å². The Balaban J connectivity index is 1.90. The summed E-state index contributed by atoms with van der Waals surface area (Å²) in [5.74, 6) is -5.82. The van der Waals surface area contributed by atoms with Crippen molar-refractivity contribution in [1.29, 1.82) is 0 Å². The molecule has 3 aliphatic rings. The summed E-state index contributed by atoms with van der Waals surface area (Å²) in [7, 11) is 6.90. The van der Waals surface area contributed by atoms with Crippen LogP contribution in [0.5, 0.6) is 5.75 Å². The van der Waals surface area contributed by atoms with Crippen LogP contribution >= 0.6 is 0 Å². The fourth-order valence-electron chi connectivity index (χ4n) is 6.78. The lowest BCUT2D eigenvalue weighted by Crippen LogP contribution is -2.65. The van der Waals surface area contributed by atoms with Crippen molar-refractivity contribution in [2.75, 3.05) is 33.1 Å². The molecule has 10 heteroatoms. The second-order valence-corrected chi connectivity index (χ2v) is 12.0. The van der Waals surface area contributed by atoms with Crippen LogP contribution in [0, 0.1) is 17.8 Å². The van der Waals surface area contributed by atoms with E-state index in [4.69, 9.17) is 5.73 Å². The molecule has 40 heavy (non-hydrogen) atoms. The quantitative estimate of drug-likeness (QED) is 0.303. The molecular formula is C30H41N3O7. The van der Waals surface area contributed by atoms with E-state index in [9.17, 15) is 34.8 Å². The van der Waals surface area contributed by atoms with Crippen LogP contribution < -0.4 is 10.6 Å². The molecule has 1 unspecified atom stereocenters. The Morgan fingerprint density at radius 2 is 1.82 bits per heavy atom. The van der Waals surface area contributed by atoms with Crippen LogP contribution in [0.15, 0.2) is 23.0 Å². The lowest BCUT2D eigenvalue weighted by Gasteiger charge is -2.50. The maximum Gasteiger partial charge on any atom is 0.255 e. The fourth-order valence-corrected chi connectivity index (χ4v) is 6.78. The van der Waals surface area contributed by atoms with E-state index < -0.39 is 58.0 Å². The number of nitrogens with two attached hydrogens (primary N) is 1. The molecule has 0 spiro atoms. The molecule has 3 aliphatic carbocycles. The van der Waals surface area contributed by atoms with Crippen molar-refractivity contribution in [3.63, 3.8) is 0 Å². The molecule has 1 fully saturated rings. The van der Waals surface area contributed by atoms with Crippen LogP contribution in [0.2, 0.25) is 0 Å². The van der Waals surface area contributed by atoms with Gasteiger partial charge in [0.2, 0.25) is 5.78 Å². The molecule has 0 radical (unpaired) electrons. The van der Waals surface area contributed by atoms with E-state index in [1.807, 2.05) is 25.1 Å². The molecule has 4 rings (SSSR count). The number of hydrogen-bond donors (Lipinski definition) is 5. The summed E-state index contributed by atoms with van der Waals surface area (Å²) in [5.41, 5.74) is 4.05. The number of aryl methyl sites for hydroxylation is 1. The number of likely N-dealkylation sites (N-methyl/N-ethyl adjacent to an activating group) is 1. The molecule has 0 bridgehead atoms. The Morgan fingerprint density at radius 3 is 2.38 bits per heavy atom. The number of amides is 1. The number of aromatic hydroxyl groups is 1. The van der Waals surface area contributed by atoms with E-state index in [0.29, 0.717) is 23.5 Å². The first kappa shape index (κ1) is 29.6. The number of phenolic OH excluding ortho intramolecular Hbond substituents is 1. The highest BCUT2D eigenvalue weighted by atomic mass is 16.3. The Bertz CT molecular complexity index is 1330. The number of fused-ring (bicyclic) bond motifs is 3. The van der Waals surface area contributed by atoms with E-state index >= 15 is 0 Å². The predicted octanol–water partition coefficient (Wildman–Crippen LogP) is 2.40. The average Bonchev–Trinajstić information content (AvgIpc) is 2.86. The summed E-state index contributed by atoms with van der Waals surface area (Å²) in [6.07, 6.45) is 3.78. The number of benzene rings is 1. The molecule has 218 valence electrons. The SMILES string of the molecule is CCC(C)CCCc1cc(N(C)C)c2c(c1O)C(O)=C1C(=O)[C@]3(O)C(O)=C(C(N)=O)C(=O)[C@@H](N(C)C)[C@@H]3C[C@@H]1C2. The molecule has 6 N–H and O–H groups in total. The van der Waals surface area contributed by atoms with Crippen LogP contribution in [0.25, 0.3) is 5.76 Å². The summed E-state index contributed by atoms with van der Waals surface area (Å²) in [6.45, 7) is 4.31. The van der Waals surface area contributed by atoms with Crippen LogP contribution in [0.4, 0.5) is 5.69 Å². The molecule has 5 atom stereocenters. The van der Waals surface area contributed by atoms with Crippen LogP contribution in [0.3, 0.4) is 0 Å². The second kappa shape index (κ2) is 10.6. The van der Waals surface area contributed by atoms with Crippen molar-refractivity contribution in [3.8, 4) is 5.75 Å². The van der Waals surface area contributed by atoms with Gasteiger partial charge in [0, 0.05) is 31.3 Å². The number of phenols is 1. The third-order valence-corrected chi connectivity index (χ3v) is 9.10. The Kier molecular flexibility index (Phi) is 7.81. The normalized spacial score (nSPS) is 26.9. The first-order valence-corrected chi connectivity index (χ1v) is 13.9. The molecule has 1 aromatic carbocycles. The van der Waals surface area contributed by atoms with Crippen LogP contribution in [0.1, 0.15) is 56.2 Å². The van der Waals surface area contributed by atoms with Crippen molar-refractivity contribution in [3.05, 3.63) is 39.7 Å². The van der Waals surface area contributed by atoms with Gasteiger partial charge < -0.3 is 31.1 Å². The highest BCUT2D eigenvalue weighted by Crippen LogP contribution is 2.54. The van der Waals surface area contributed by atoms with E-state index in [0.717, 1.165) is 24.9 Å². The summed E-state index contributed by atoms with van der Waals surface area (Å²) in [6, 6.07) is 0.817. The number of carbonyl (C=O) groups excluding carboxylic acids is 3. The molecule has 0 heterocycles. The van der Waals surface area contributed by atoms with Gasteiger partial charge in [-0.15, -0.1) is 0 Å². The topological polar surface area (TPSA) is 165 Å². The Morgan fingerprint density at radius 1 is 1.18 bits per heavy atom. The molecule has 10 nitrogen and oxygen atoms in total. The summed E-state index contributed by atoms with van der Waals surface area (Å²) in [5, 5.41) is 45.7. The molecule has 1 amide bonds. The lowest BCUT2D eigenvalue weighted by molar-refractivity contribution is -0.153. The number of ketones is 2. The first-order valence-electron chi connectivity index (χ1n) is 13.9. The molecule has 1 saturated carbocycles. The van der Waals surface area contributed by atoms with E-state index in [1.54, 1.807) is 14.1 Å². The minimum absolute atomic E-state index is 0.0655. The maximum atomic E-state index is 14.0. The number of rotatable bonds is 8. The zero-order valence-electron chi connectivity index (χ0n) is 24.1. The first-order chi connectivity index (χ1) is 18.7. The van der Waals surface area contributed by atoms with E-state index in [-0.39, 0.29) is 29.7 Å². The number of anilines is 1. The summed E-state index contributed by atoms with van der Waals surface area (Å²) >= 11 is 0. The number of Topliss-reactive ketones (excluding diaryl/α,β-unsaturated/α-hetero) is 2. The van der Waals surface area contributed by atoms with Gasteiger partial charge in [-0.05, 0) is 68.8 Å². The molecule has 0 aliphatic heterocycles. The van der Waals surface area contributed by atoms with Crippen molar-refractivity contribution >= 4 is 28.9 Å². The van der Waals surface area contributed by atoms with Crippen molar-refractivity contribution < 1.29 is 34.8 Å². The predicted molar refractivity (Wildman–Crippen MR) is 151 cm³/mol. The fraction of sp³-hybridized carbons (Fsp3) is 0.567. The summed E-state index contributed by atoms with van der Waals surface area (Å²) < 4.78 is 0. The van der Waals surface area contributed by atoms with Crippen molar-refractivity contribution in [2.45, 2.75) is 64.0 Å². The van der Waals surface area contributed by atoms with Gasteiger partial charge >= 0.3 is 0 Å². The molecule has 0 saturated heterocycles. The third kappa shape index (κ3) is 4.37. The molecule has 0 aromatic heterocycles. The number of primary amides is 1. The van der Waals surface area contributed by atoms with Gasteiger partial charge in [-0.2, -0.15) is 0 Å². The van der Waals surface area contributed by atoms with Gasteiger partial charge in [-0.3, -0.25) is 19.3 Å². The monoisotopic (exact) mass is 555 g/mol. The van der Waals surface area contributed by atoms with Crippen molar-refractivity contribution in [1.82, 2.24) is 4.90 Å². The molecule has 1 aromatic rings. The number of aliphatic hydroxyl groups excluding tert-OH is 2. The maximum absolute atomic E-state index is 14.0. The van der Waals surface area contributed by atoms with Crippen LogP contribution in [-0.4, -0.2) is 82.6 Å². The van der Waals surface area contributed by atoms with E-state index in [2.05, 4.69) is 13.8 Å². The van der Waals surface area contributed by atoms with Crippen LogP contribution in [-0.2, 0) is 27.2 Å². The lowest BCUT2D eigenvalue weighted by atomic mass is 9.57. The standard InChI is InChI=1S/C30H41N3O7/c1-7-14(2)9-8-10-15-13-19(32(3)4)17-11-16-12-18-23(33(5)6)26(36)22(29(31)39)28(38)30(18,40)27(37)20(16)25(35)21(17)24(15)34/h13-14,16,18,23,34-35,38,40H,7-12H2,1-6H3,(H2,31,39)/t14?,16-,18-,23-,30-/m0/s1. The number of nitrogens with zero attached hydrogens (tertiary/aromatic N) is 2.